The molecule has 4 nitrogen and oxygen atoms in total. The molecule has 0 N–H and O–H groups in total. The van der Waals surface area contributed by atoms with Gasteiger partial charge in [-0.25, -0.2) is 4.79 Å². The van der Waals surface area contributed by atoms with Crippen LogP contribution < -0.4 is 4.90 Å². The van der Waals surface area contributed by atoms with Crippen LogP contribution in [0.25, 0.3) is 10.5 Å². The van der Waals surface area contributed by atoms with E-state index in [9.17, 15) is 9.59 Å². The van der Waals surface area contributed by atoms with Crippen molar-refractivity contribution < 1.29 is 14.3 Å². The fraction of sp³-hybridized carbons (Fsp3) is 0.296. The summed E-state index contributed by atoms with van der Waals surface area (Å²) in [5.74, 6) is -0.465. The van der Waals surface area contributed by atoms with Crippen molar-refractivity contribution in [3.05, 3.63) is 74.9 Å². The molecule has 2 heterocycles. The first-order valence-electron chi connectivity index (χ1n) is 11.2. The fourth-order valence-corrected chi connectivity index (χ4v) is 7.21. The van der Waals surface area contributed by atoms with E-state index in [4.69, 9.17) is 17.0 Å². The van der Waals surface area contributed by atoms with Crippen molar-refractivity contribution in [3.8, 4) is 0 Å². The topological polar surface area (TPSA) is 46.6 Å². The maximum atomic E-state index is 13.3. The minimum atomic E-state index is -0.700. The second-order valence-corrected chi connectivity index (χ2v) is 11.6. The smallest absolute Gasteiger partial charge is 0.346 e. The monoisotopic (exact) mass is 509 g/mol. The molecule has 34 heavy (non-hydrogen) atoms. The predicted molar refractivity (Wildman–Crippen MR) is 148 cm³/mol. The zero-order valence-electron chi connectivity index (χ0n) is 19.9. The van der Waals surface area contributed by atoms with Crippen LogP contribution in [-0.2, 0) is 14.3 Å². The minimum Gasteiger partial charge on any atom is -0.462 e. The van der Waals surface area contributed by atoms with E-state index in [0.717, 1.165) is 31.5 Å². The van der Waals surface area contributed by atoms with E-state index >= 15 is 0 Å². The van der Waals surface area contributed by atoms with Gasteiger partial charge in [-0.15, -0.1) is 0 Å². The van der Waals surface area contributed by atoms with Crippen LogP contribution in [0.3, 0.4) is 0 Å². The number of hydrogen-bond acceptors (Lipinski definition) is 6. The Labute approximate surface area is 214 Å². The molecule has 0 unspecified atom stereocenters. The molecule has 0 aliphatic carbocycles. The Kier molecular flexibility index (Phi) is 7.08. The van der Waals surface area contributed by atoms with Crippen molar-refractivity contribution in [3.63, 3.8) is 0 Å². The van der Waals surface area contributed by atoms with E-state index in [0.29, 0.717) is 16.4 Å². The average molecular weight is 510 g/mol. The van der Waals surface area contributed by atoms with Crippen molar-refractivity contribution in [1.29, 1.82) is 0 Å². The second-order valence-electron chi connectivity index (χ2n) is 8.84. The summed E-state index contributed by atoms with van der Waals surface area (Å²) in [4.78, 5) is 30.1. The van der Waals surface area contributed by atoms with E-state index < -0.39 is 5.54 Å². The number of ether oxygens (including phenoxy) is 1. The summed E-state index contributed by atoms with van der Waals surface area (Å²) in [5, 5.41) is 0. The van der Waals surface area contributed by atoms with Crippen molar-refractivity contribution in [2.75, 3.05) is 11.5 Å². The number of fused-ring (bicyclic) bond motifs is 1. The van der Waals surface area contributed by atoms with Gasteiger partial charge in [0.05, 0.1) is 26.9 Å². The molecule has 0 radical (unpaired) electrons. The Morgan fingerprint density at radius 2 is 1.68 bits per heavy atom. The number of thioether (sulfide) groups is 2. The lowest BCUT2D eigenvalue weighted by Gasteiger charge is -2.46. The van der Waals surface area contributed by atoms with Crippen LogP contribution in [0.1, 0.15) is 45.7 Å². The summed E-state index contributed by atoms with van der Waals surface area (Å²) in [6.45, 7) is 9.91. The minimum absolute atomic E-state index is 0.0332. The van der Waals surface area contributed by atoms with Crippen molar-refractivity contribution >= 4 is 68.6 Å². The third-order valence-corrected chi connectivity index (χ3v) is 9.10. The van der Waals surface area contributed by atoms with Gasteiger partial charge in [0, 0.05) is 22.0 Å². The number of para-hydroxylation sites is 1. The molecule has 4 rings (SSSR count). The molecule has 0 atom stereocenters. The van der Waals surface area contributed by atoms with Crippen molar-refractivity contribution in [2.24, 2.45) is 5.92 Å². The van der Waals surface area contributed by atoms with E-state index in [1.807, 2.05) is 94.1 Å². The normalized spacial score (nSPS) is 19.5. The number of anilines is 1. The summed E-state index contributed by atoms with van der Waals surface area (Å²) in [5.41, 5.74) is 2.92. The lowest BCUT2D eigenvalue weighted by molar-refractivity contribution is -0.137. The summed E-state index contributed by atoms with van der Waals surface area (Å²) < 4.78 is 6.32. The second kappa shape index (κ2) is 9.72. The van der Waals surface area contributed by atoms with Gasteiger partial charge in [0.15, 0.2) is 0 Å². The van der Waals surface area contributed by atoms with Crippen LogP contribution in [0.15, 0.2) is 63.7 Å². The standard InChI is InChI=1S/C27H27NO3S3/c1-6-31-25(30)22-21(17-12-8-7-9-13-17)33-26(34-22)20-18-14-10-11-15-19(18)28(24(29)16(2)3)27(4,5)23(20)32/h7-16H,6H2,1-5H3/b26-20+. The van der Waals surface area contributed by atoms with Gasteiger partial charge in [-0.3, -0.25) is 4.79 Å². The zero-order chi connectivity index (χ0) is 24.6. The molecule has 0 aromatic heterocycles. The number of esters is 1. The van der Waals surface area contributed by atoms with Gasteiger partial charge in [-0.05, 0) is 32.4 Å². The Morgan fingerprint density at radius 1 is 1.03 bits per heavy atom. The maximum Gasteiger partial charge on any atom is 0.346 e. The van der Waals surface area contributed by atoms with Gasteiger partial charge in [0.2, 0.25) is 5.91 Å². The van der Waals surface area contributed by atoms with Crippen LogP contribution in [0.2, 0.25) is 0 Å². The highest BCUT2D eigenvalue weighted by molar-refractivity contribution is 8.32. The van der Waals surface area contributed by atoms with E-state index in [1.54, 1.807) is 11.8 Å². The maximum absolute atomic E-state index is 13.3. The lowest BCUT2D eigenvalue weighted by atomic mass is 9.82. The number of carbonyl (C=O) groups is 2. The highest BCUT2D eigenvalue weighted by Gasteiger charge is 2.45. The first-order valence-corrected chi connectivity index (χ1v) is 13.3. The number of carbonyl (C=O) groups excluding carboxylic acids is 2. The molecule has 2 aliphatic rings. The number of benzene rings is 2. The first-order chi connectivity index (χ1) is 16.2. The molecule has 7 heteroatoms. The third-order valence-electron chi connectivity index (χ3n) is 5.77. The van der Waals surface area contributed by atoms with Gasteiger partial charge < -0.3 is 9.64 Å². The average Bonchev–Trinajstić information content (AvgIpc) is 3.25. The quantitative estimate of drug-likeness (QED) is 0.253. The van der Waals surface area contributed by atoms with Crippen LogP contribution >= 0.6 is 35.7 Å². The van der Waals surface area contributed by atoms with Gasteiger partial charge >= 0.3 is 5.97 Å². The summed E-state index contributed by atoms with van der Waals surface area (Å²) >= 11 is 9.01. The highest BCUT2D eigenvalue weighted by Crippen LogP contribution is 2.58. The van der Waals surface area contributed by atoms with Gasteiger partial charge in [0.1, 0.15) is 4.91 Å². The summed E-state index contributed by atoms with van der Waals surface area (Å²) in [6, 6.07) is 17.7. The lowest BCUT2D eigenvalue weighted by Crippen LogP contribution is -2.57. The molecule has 0 bridgehead atoms. The molecule has 1 amide bonds. The number of rotatable bonds is 4. The zero-order valence-corrected chi connectivity index (χ0v) is 22.3. The Bertz CT molecular complexity index is 1230. The van der Waals surface area contributed by atoms with Crippen LogP contribution in [-0.4, -0.2) is 28.9 Å². The van der Waals surface area contributed by atoms with Crippen molar-refractivity contribution in [1.82, 2.24) is 0 Å². The summed E-state index contributed by atoms with van der Waals surface area (Å²) in [6.07, 6.45) is 0. The molecule has 2 aliphatic heterocycles. The summed E-state index contributed by atoms with van der Waals surface area (Å²) in [7, 11) is 0. The molecule has 0 saturated heterocycles. The third kappa shape index (κ3) is 4.25. The number of hydrogen-bond donors (Lipinski definition) is 0. The molecular formula is C27H27NO3S3. The molecule has 176 valence electrons. The molecular weight excluding hydrogens is 483 g/mol. The largest absolute Gasteiger partial charge is 0.462 e. The number of amides is 1. The molecule has 0 saturated carbocycles. The first kappa shape index (κ1) is 24.8. The van der Waals surface area contributed by atoms with Crippen LogP contribution in [0.4, 0.5) is 5.69 Å². The van der Waals surface area contributed by atoms with Crippen molar-refractivity contribution in [2.45, 2.75) is 40.2 Å². The Balaban J connectivity index is 1.89. The molecule has 2 aromatic rings. The van der Waals surface area contributed by atoms with E-state index in [2.05, 4.69) is 0 Å². The van der Waals surface area contributed by atoms with Gasteiger partial charge in [-0.2, -0.15) is 0 Å². The van der Waals surface area contributed by atoms with Gasteiger partial charge in [0.25, 0.3) is 0 Å². The number of thiocarbonyl (C=S) groups is 1. The highest BCUT2D eigenvalue weighted by atomic mass is 32.2. The van der Waals surface area contributed by atoms with Crippen LogP contribution in [0.5, 0.6) is 0 Å². The van der Waals surface area contributed by atoms with Crippen LogP contribution in [0, 0.1) is 5.92 Å². The fourth-order valence-electron chi connectivity index (χ4n) is 4.08. The van der Waals surface area contributed by atoms with Gasteiger partial charge in [-0.1, -0.05) is 98.1 Å². The molecule has 0 fully saturated rings. The Morgan fingerprint density at radius 3 is 2.32 bits per heavy atom. The van der Waals surface area contributed by atoms with E-state index in [1.165, 1.54) is 11.8 Å². The van der Waals surface area contributed by atoms with E-state index in [-0.39, 0.29) is 17.8 Å². The predicted octanol–water partition coefficient (Wildman–Crippen LogP) is 6.92. The Hall–Kier alpha value is -2.35. The molecule has 2 aromatic carbocycles. The number of nitrogens with zero attached hydrogens (tertiary/aromatic N) is 1. The molecule has 0 spiro atoms. The SMILES string of the molecule is CCOC(=O)C1=C(c2ccccc2)S/C(=C2\C(=S)C(C)(C)N(C(=O)C(C)C)c3ccccc32)S1.